The number of benzene rings is 1. The molecule has 0 saturated carbocycles. The molecule has 0 bridgehead atoms. The Bertz CT molecular complexity index is 632. The molecule has 25 heavy (non-hydrogen) atoms. The number of anilines is 1. The van der Waals surface area contributed by atoms with Gasteiger partial charge in [0.05, 0.1) is 6.54 Å². The van der Waals surface area contributed by atoms with Gasteiger partial charge in [0.1, 0.15) is 11.4 Å². The summed E-state index contributed by atoms with van der Waals surface area (Å²) in [6.07, 6.45) is -0.315. The van der Waals surface area contributed by atoms with Crippen molar-refractivity contribution in [3.05, 3.63) is 23.8 Å². The van der Waals surface area contributed by atoms with Crippen molar-refractivity contribution < 1.29 is 19.1 Å². The van der Waals surface area contributed by atoms with Crippen molar-refractivity contribution in [3.63, 3.8) is 0 Å². The normalized spacial score (nSPS) is 15.8. The average Bonchev–Trinajstić information content (AvgIpc) is 2.50. The zero-order valence-electron chi connectivity index (χ0n) is 15.4. The molecule has 1 heterocycles. The Morgan fingerprint density at radius 3 is 2.40 bits per heavy atom. The molecular formula is C18H27N3O4. The van der Waals surface area contributed by atoms with Crippen LogP contribution in [0.5, 0.6) is 5.75 Å². The fourth-order valence-corrected chi connectivity index (χ4v) is 2.48. The van der Waals surface area contributed by atoms with Crippen LogP contribution in [0.1, 0.15) is 26.3 Å². The van der Waals surface area contributed by atoms with Crippen molar-refractivity contribution in [3.8, 4) is 5.75 Å². The maximum Gasteiger partial charge on any atom is 0.410 e. The van der Waals surface area contributed by atoms with Crippen molar-refractivity contribution in [1.29, 1.82) is 0 Å². The summed E-state index contributed by atoms with van der Waals surface area (Å²) in [5.74, 6) is 0.150. The average molecular weight is 349 g/mol. The third kappa shape index (κ3) is 5.94. The van der Waals surface area contributed by atoms with E-state index in [1.807, 2.05) is 38.7 Å². The summed E-state index contributed by atoms with van der Waals surface area (Å²) in [4.78, 5) is 27.8. The Kier molecular flexibility index (Phi) is 5.89. The summed E-state index contributed by atoms with van der Waals surface area (Å²) in [5.41, 5.74) is 6.63. The summed E-state index contributed by atoms with van der Waals surface area (Å²) in [7, 11) is 0. The number of amides is 1. The molecule has 2 rings (SSSR count). The molecule has 7 nitrogen and oxygen atoms in total. The molecule has 1 aliphatic rings. The smallest absolute Gasteiger partial charge is 0.410 e. The molecule has 0 aromatic heterocycles. The minimum absolute atomic E-state index is 0.177. The molecular weight excluding hydrogens is 322 g/mol. The highest BCUT2D eigenvalue weighted by molar-refractivity contribution is 5.75. The van der Waals surface area contributed by atoms with E-state index in [0.717, 1.165) is 5.56 Å². The van der Waals surface area contributed by atoms with Crippen LogP contribution in [-0.4, -0.2) is 60.2 Å². The van der Waals surface area contributed by atoms with E-state index in [-0.39, 0.29) is 18.6 Å². The van der Waals surface area contributed by atoms with E-state index in [0.29, 0.717) is 37.6 Å². The highest BCUT2D eigenvalue weighted by atomic mass is 16.6. The Labute approximate surface area is 148 Å². The van der Waals surface area contributed by atoms with Gasteiger partial charge in [-0.25, -0.2) is 4.79 Å². The first-order chi connectivity index (χ1) is 11.6. The third-order valence-electron chi connectivity index (χ3n) is 3.81. The Balaban J connectivity index is 1.80. The number of aryl methyl sites for hydroxylation is 1. The van der Waals surface area contributed by atoms with E-state index in [1.165, 1.54) is 0 Å². The molecule has 0 spiro atoms. The summed E-state index contributed by atoms with van der Waals surface area (Å²) in [6.45, 7) is 9.83. The summed E-state index contributed by atoms with van der Waals surface area (Å²) >= 11 is 0. The van der Waals surface area contributed by atoms with Gasteiger partial charge in [0, 0.05) is 37.9 Å². The van der Waals surface area contributed by atoms with Gasteiger partial charge in [-0.15, -0.1) is 0 Å². The predicted molar refractivity (Wildman–Crippen MR) is 95.5 cm³/mol. The second-order valence-corrected chi connectivity index (χ2v) is 7.24. The van der Waals surface area contributed by atoms with Gasteiger partial charge in [0.15, 0.2) is 0 Å². The summed E-state index contributed by atoms with van der Waals surface area (Å²) in [6, 6.07) is 5.23. The highest BCUT2D eigenvalue weighted by Crippen LogP contribution is 2.21. The van der Waals surface area contributed by atoms with Gasteiger partial charge in [0.2, 0.25) is 0 Å². The highest BCUT2D eigenvalue weighted by Gasteiger charge is 2.26. The molecule has 1 aromatic rings. The molecule has 138 valence electrons. The van der Waals surface area contributed by atoms with Crippen LogP contribution in [0.25, 0.3) is 0 Å². The standard InChI is InChI=1S/C18H27N3O4/c1-13-5-6-14(19)11-15(13)24-16(22)12-20-7-9-21(10-8-20)17(23)25-18(2,3)4/h5-6,11H,7-10,12,19H2,1-4H3. The largest absolute Gasteiger partial charge is 0.444 e. The first-order valence-electron chi connectivity index (χ1n) is 8.41. The van der Waals surface area contributed by atoms with Crippen molar-refractivity contribution in [1.82, 2.24) is 9.80 Å². The molecule has 7 heteroatoms. The SMILES string of the molecule is Cc1ccc(N)cc1OC(=O)CN1CCN(C(=O)OC(C)(C)C)CC1. The summed E-state index contributed by atoms with van der Waals surface area (Å²) in [5, 5.41) is 0. The lowest BCUT2D eigenvalue weighted by Crippen LogP contribution is -2.51. The van der Waals surface area contributed by atoms with Crippen LogP contribution in [-0.2, 0) is 9.53 Å². The lowest BCUT2D eigenvalue weighted by atomic mass is 10.2. The minimum atomic E-state index is -0.507. The number of piperazine rings is 1. The molecule has 1 fully saturated rings. The van der Waals surface area contributed by atoms with Crippen LogP contribution < -0.4 is 10.5 Å². The number of carbonyl (C=O) groups excluding carboxylic acids is 2. The van der Waals surface area contributed by atoms with Gasteiger partial charge in [0.25, 0.3) is 0 Å². The van der Waals surface area contributed by atoms with E-state index >= 15 is 0 Å². The zero-order valence-corrected chi connectivity index (χ0v) is 15.4. The van der Waals surface area contributed by atoms with E-state index in [4.69, 9.17) is 15.2 Å². The molecule has 1 saturated heterocycles. The number of hydrogen-bond donors (Lipinski definition) is 1. The van der Waals surface area contributed by atoms with Gasteiger partial charge < -0.3 is 20.1 Å². The number of nitrogens with zero attached hydrogens (tertiary/aromatic N) is 2. The Morgan fingerprint density at radius 2 is 1.80 bits per heavy atom. The fraction of sp³-hybridized carbons (Fsp3) is 0.556. The topological polar surface area (TPSA) is 85.1 Å². The molecule has 0 radical (unpaired) electrons. The van der Waals surface area contributed by atoms with Crippen molar-refractivity contribution in [2.45, 2.75) is 33.3 Å². The van der Waals surface area contributed by atoms with Gasteiger partial charge >= 0.3 is 12.1 Å². The number of nitrogens with two attached hydrogens (primary N) is 1. The van der Waals surface area contributed by atoms with Crippen molar-refractivity contribution in [2.75, 3.05) is 38.5 Å². The fourth-order valence-electron chi connectivity index (χ4n) is 2.48. The molecule has 1 amide bonds. The lowest BCUT2D eigenvalue weighted by Gasteiger charge is -2.35. The zero-order chi connectivity index (χ0) is 18.6. The maximum absolute atomic E-state index is 12.1. The van der Waals surface area contributed by atoms with Crippen LogP contribution >= 0.6 is 0 Å². The number of nitrogen functional groups attached to an aromatic ring is 1. The summed E-state index contributed by atoms with van der Waals surface area (Å²) < 4.78 is 10.8. The van der Waals surface area contributed by atoms with Crippen LogP contribution in [0.2, 0.25) is 0 Å². The third-order valence-corrected chi connectivity index (χ3v) is 3.81. The second kappa shape index (κ2) is 7.74. The predicted octanol–water partition coefficient (Wildman–Crippen LogP) is 2.04. The minimum Gasteiger partial charge on any atom is -0.444 e. The van der Waals surface area contributed by atoms with E-state index in [2.05, 4.69) is 0 Å². The van der Waals surface area contributed by atoms with Crippen LogP contribution in [0.15, 0.2) is 18.2 Å². The molecule has 1 aromatic carbocycles. The molecule has 2 N–H and O–H groups in total. The van der Waals surface area contributed by atoms with Gasteiger partial charge in [-0.1, -0.05) is 6.07 Å². The molecule has 1 aliphatic heterocycles. The Hall–Kier alpha value is -2.28. The van der Waals surface area contributed by atoms with Crippen LogP contribution in [0.4, 0.5) is 10.5 Å². The number of carbonyl (C=O) groups is 2. The number of esters is 1. The van der Waals surface area contributed by atoms with Gasteiger partial charge in [-0.05, 0) is 39.3 Å². The second-order valence-electron chi connectivity index (χ2n) is 7.24. The van der Waals surface area contributed by atoms with E-state index < -0.39 is 5.60 Å². The van der Waals surface area contributed by atoms with E-state index in [9.17, 15) is 9.59 Å². The number of rotatable bonds is 3. The van der Waals surface area contributed by atoms with Crippen molar-refractivity contribution >= 4 is 17.7 Å². The molecule has 0 aliphatic carbocycles. The van der Waals surface area contributed by atoms with Crippen molar-refractivity contribution in [2.24, 2.45) is 0 Å². The number of ether oxygens (including phenoxy) is 2. The maximum atomic E-state index is 12.1. The molecule has 0 atom stereocenters. The number of hydrogen-bond acceptors (Lipinski definition) is 6. The van der Waals surface area contributed by atoms with Gasteiger partial charge in [-0.3, -0.25) is 9.69 Å². The quantitative estimate of drug-likeness (QED) is 0.511. The molecule has 0 unspecified atom stereocenters. The van der Waals surface area contributed by atoms with E-state index in [1.54, 1.807) is 17.0 Å². The first-order valence-corrected chi connectivity index (χ1v) is 8.41. The monoisotopic (exact) mass is 349 g/mol. The van der Waals surface area contributed by atoms with Gasteiger partial charge in [-0.2, -0.15) is 0 Å². The lowest BCUT2D eigenvalue weighted by molar-refractivity contribution is -0.136. The van der Waals surface area contributed by atoms with Crippen LogP contribution in [0, 0.1) is 6.92 Å². The Morgan fingerprint density at radius 1 is 1.16 bits per heavy atom. The van der Waals surface area contributed by atoms with Crippen LogP contribution in [0.3, 0.4) is 0 Å². The first kappa shape index (κ1) is 19.1.